The van der Waals surface area contributed by atoms with E-state index in [2.05, 4.69) is 54.8 Å². The lowest BCUT2D eigenvalue weighted by molar-refractivity contribution is 0.541. The fraction of sp³-hybridized carbons (Fsp3) is 0.733. The summed E-state index contributed by atoms with van der Waals surface area (Å²) in [4.78, 5) is 11.2. The topological polar surface area (TPSA) is 41.1 Å². The molecular weight excluding hydrogens is 236 g/mol. The molecule has 108 valence electrons. The van der Waals surface area contributed by atoms with Gasteiger partial charge in [0.1, 0.15) is 0 Å². The monoisotopic (exact) mass is 264 g/mol. The van der Waals surface area contributed by atoms with Crippen LogP contribution in [0.5, 0.6) is 0 Å². The molecule has 1 atom stereocenters. The number of hydrogen-bond acceptors (Lipinski definition) is 4. The number of aromatic nitrogens is 2. The standard InChI is InChI=1S/C15H28N4/c1-6-13(5)11-19(7-2)15-17-9-14(10-18-15)8-16-12(3)4/h9-10,12-13,16H,6-8,11H2,1-5H3. The highest BCUT2D eigenvalue weighted by molar-refractivity contribution is 5.29. The maximum atomic E-state index is 4.49. The minimum atomic E-state index is 0.484. The number of anilines is 1. The smallest absolute Gasteiger partial charge is 0.225 e. The third-order valence-electron chi connectivity index (χ3n) is 3.30. The summed E-state index contributed by atoms with van der Waals surface area (Å²) in [6.07, 6.45) is 5.04. The van der Waals surface area contributed by atoms with Crippen LogP contribution in [-0.4, -0.2) is 29.1 Å². The first-order chi connectivity index (χ1) is 9.06. The van der Waals surface area contributed by atoms with Gasteiger partial charge in [0.05, 0.1) is 0 Å². The second-order valence-corrected chi connectivity index (χ2v) is 5.48. The van der Waals surface area contributed by atoms with E-state index in [-0.39, 0.29) is 0 Å². The highest BCUT2D eigenvalue weighted by atomic mass is 15.2. The van der Waals surface area contributed by atoms with Gasteiger partial charge in [-0.05, 0) is 12.8 Å². The quantitative estimate of drug-likeness (QED) is 0.784. The predicted octanol–water partition coefficient (Wildman–Crippen LogP) is 2.85. The molecule has 0 amide bonds. The zero-order valence-electron chi connectivity index (χ0n) is 13.0. The Morgan fingerprint density at radius 1 is 1.16 bits per heavy atom. The zero-order valence-corrected chi connectivity index (χ0v) is 13.0. The lowest BCUT2D eigenvalue weighted by atomic mass is 10.1. The Bertz CT molecular complexity index is 348. The van der Waals surface area contributed by atoms with E-state index in [4.69, 9.17) is 0 Å². The molecule has 0 saturated carbocycles. The summed E-state index contributed by atoms with van der Waals surface area (Å²) in [6, 6.07) is 0.484. The second-order valence-electron chi connectivity index (χ2n) is 5.48. The molecule has 1 heterocycles. The molecule has 0 radical (unpaired) electrons. The molecule has 1 aromatic heterocycles. The molecule has 0 aliphatic heterocycles. The molecule has 0 spiro atoms. The van der Waals surface area contributed by atoms with Crippen LogP contribution >= 0.6 is 0 Å². The van der Waals surface area contributed by atoms with Gasteiger partial charge in [0, 0.05) is 43.6 Å². The SMILES string of the molecule is CCC(C)CN(CC)c1ncc(CNC(C)C)cn1. The molecule has 1 rings (SSSR count). The average molecular weight is 264 g/mol. The van der Waals surface area contributed by atoms with Crippen molar-refractivity contribution in [3.63, 3.8) is 0 Å². The van der Waals surface area contributed by atoms with Gasteiger partial charge in [-0.15, -0.1) is 0 Å². The molecule has 4 heteroatoms. The first-order valence-electron chi connectivity index (χ1n) is 7.36. The molecule has 4 nitrogen and oxygen atoms in total. The summed E-state index contributed by atoms with van der Waals surface area (Å²) in [5, 5.41) is 3.37. The van der Waals surface area contributed by atoms with Crippen LogP contribution in [0.4, 0.5) is 5.95 Å². The molecule has 19 heavy (non-hydrogen) atoms. The maximum absolute atomic E-state index is 4.49. The van der Waals surface area contributed by atoms with Crippen LogP contribution in [-0.2, 0) is 6.54 Å². The van der Waals surface area contributed by atoms with Crippen LogP contribution in [0.15, 0.2) is 12.4 Å². The van der Waals surface area contributed by atoms with Crippen molar-refractivity contribution in [2.45, 2.75) is 53.6 Å². The Kier molecular flexibility index (Phi) is 6.78. The third kappa shape index (κ3) is 5.55. The fourth-order valence-corrected chi connectivity index (χ4v) is 1.78. The zero-order chi connectivity index (χ0) is 14.3. The Hall–Kier alpha value is -1.16. The Labute approximate surface area is 117 Å². The van der Waals surface area contributed by atoms with Gasteiger partial charge in [0.2, 0.25) is 5.95 Å². The molecule has 1 aromatic rings. The Morgan fingerprint density at radius 2 is 1.79 bits per heavy atom. The summed E-state index contributed by atoms with van der Waals surface area (Å²) < 4.78 is 0. The maximum Gasteiger partial charge on any atom is 0.225 e. The van der Waals surface area contributed by atoms with Crippen LogP contribution in [0.3, 0.4) is 0 Å². The van der Waals surface area contributed by atoms with E-state index in [0.717, 1.165) is 31.1 Å². The molecule has 1 unspecified atom stereocenters. The van der Waals surface area contributed by atoms with E-state index >= 15 is 0 Å². The Balaban J connectivity index is 2.62. The van der Waals surface area contributed by atoms with Crippen LogP contribution in [0.25, 0.3) is 0 Å². The van der Waals surface area contributed by atoms with E-state index in [1.165, 1.54) is 6.42 Å². The molecule has 0 aliphatic rings. The second kappa shape index (κ2) is 8.10. The van der Waals surface area contributed by atoms with Crippen LogP contribution in [0, 0.1) is 5.92 Å². The number of nitrogens with zero attached hydrogens (tertiary/aromatic N) is 3. The number of hydrogen-bond donors (Lipinski definition) is 1. The van der Waals surface area contributed by atoms with Crippen molar-refractivity contribution in [3.8, 4) is 0 Å². The van der Waals surface area contributed by atoms with E-state index in [9.17, 15) is 0 Å². The minimum absolute atomic E-state index is 0.484. The van der Waals surface area contributed by atoms with Gasteiger partial charge in [-0.1, -0.05) is 34.1 Å². The van der Waals surface area contributed by atoms with Gasteiger partial charge in [0.25, 0.3) is 0 Å². The summed E-state index contributed by atoms with van der Waals surface area (Å²) >= 11 is 0. The highest BCUT2D eigenvalue weighted by Crippen LogP contribution is 2.11. The van der Waals surface area contributed by atoms with Crippen molar-refractivity contribution in [1.29, 1.82) is 0 Å². The van der Waals surface area contributed by atoms with Crippen molar-refractivity contribution in [2.24, 2.45) is 5.92 Å². The highest BCUT2D eigenvalue weighted by Gasteiger charge is 2.10. The lowest BCUT2D eigenvalue weighted by Gasteiger charge is -2.24. The average Bonchev–Trinajstić information content (AvgIpc) is 2.42. The predicted molar refractivity (Wildman–Crippen MR) is 81.3 cm³/mol. The van der Waals surface area contributed by atoms with Crippen molar-refractivity contribution in [3.05, 3.63) is 18.0 Å². The largest absolute Gasteiger partial charge is 0.341 e. The fourth-order valence-electron chi connectivity index (χ4n) is 1.78. The summed E-state index contributed by atoms with van der Waals surface area (Å²) in [5.74, 6) is 1.52. The summed E-state index contributed by atoms with van der Waals surface area (Å²) in [5.41, 5.74) is 1.14. The van der Waals surface area contributed by atoms with Gasteiger partial charge < -0.3 is 10.2 Å². The first kappa shape index (κ1) is 15.9. The number of rotatable bonds is 8. The minimum Gasteiger partial charge on any atom is -0.341 e. The molecule has 1 N–H and O–H groups in total. The first-order valence-corrected chi connectivity index (χ1v) is 7.36. The number of nitrogens with one attached hydrogen (secondary N) is 1. The van der Waals surface area contributed by atoms with Crippen molar-refractivity contribution in [1.82, 2.24) is 15.3 Å². The molecule has 0 aromatic carbocycles. The molecular formula is C15H28N4. The van der Waals surface area contributed by atoms with E-state index in [1.807, 2.05) is 12.4 Å². The van der Waals surface area contributed by atoms with Gasteiger partial charge in [-0.3, -0.25) is 0 Å². The molecule has 0 fully saturated rings. The molecule has 0 bridgehead atoms. The molecule has 0 saturated heterocycles. The lowest BCUT2D eigenvalue weighted by Crippen LogP contribution is -2.30. The van der Waals surface area contributed by atoms with Gasteiger partial charge in [-0.2, -0.15) is 0 Å². The van der Waals surface area contributed by atoms with E-state index in [1.54, 1.807) is 0 Å². The molecule has 0 aliphatic carbocycles. The summed E-state index contributed by atoms with van der Waals surface area (Å²) in [7, 11) is 0. The summed E-state index contributed by atoms with van der Waals surface area (Å²) in [6.45, 7) is 13.7. The van der Waals surface area contributed by atoms with Gasteiger partial charge in [-0.25, -0.2) is 9.97 Å². The van der Waals surface area contributed by atoms with Gasteiger partial charge >= 0.3 is 0 Å². The van der Waals surface area contributed by atoms with Crippen molar-refractivity contribution < 1.29 is 0 Å². The van der Waals surface area contributed by atoms with Crippen molar-refractivity contribution in [2.75, 3.05) is 18.0 Å². The van der Waals surface area contributed by atoms with Crippen LogP contribution in [0.2, 0.25) is 0 Å². The third-order valence-corrected chi connectivity index (χ3v) is 3.30. The van der Waals surface area contributed by atoms with E-state index in [0.29, 0.717) is 12.0 Å². The Morgan fingerprint density at radius 3 is 2.26 bits per heavy atom. The van der Waals surface area contributed by atoms with Crippen molar-refractivity contribution >= 4 is 5.95 Å². The van der Waals surface area contributed by atoms with E-state index < -0.39 is 0 Å². The normalized spacial score (nSPS) is 12.7. The van der Waals surface area contributed by atoms with Crippen LogP contribution < -0.4 is 10.2 Å². The van der Waals surface area contributed by atoms with Gasteiger partial charge in [0.15, 0.2) is 0 Å². The van der Waals surface area contributed by atoms with Crippen LogP contribution in [0.1, 0.15) is 46.6 Å².